The molecule has 0 spiro atoms. The molecule has 0 radical (unpaired) electrons. The van der Waals surface area contributed by atoms with Crippen LogP contribution in [0.5, 0.6) is 0 Å². The number of hydrogen-bond acceptors (Lipinski definition) is 5. The van der Waals surface area contributed by atoms with Gasteiger partial charge in [-0.2, -0.15) is 13.2 Å². The Hall–Kier alpha value is -3.71. The Bertz CT molecular complexity index is 1250. The minimum Gasteiger partial charge on any atom is -0.475 e. The molecule has 3 rings (SSSR count). The van der Waals surface area contributed by atoms with E-state index in [9.17, 15) is 26.4 Å². The summed E-state index contributed by atoms with van der Waals surface area (Å²) in [6.07, 6.45) is -3.33. The number of nitrogens with two attached hydrogens (primary N) is 1. The van der Waals surface area contributed by atoms with Crippen molar-refractivity contribution < 1.29 is 36.3 Å². The van der Waals surface area contributed by atoms with Crippen molar-refractivity contribution in [3.05, 3.63) is 71.8 Å². The Labute approximate surface area is 186 Å². The van der Waals surface area contributed by atoms with Crippen molar-refractivity contribution in [2.45, 2.75) is 24.9 Å². The molecule has 4 N–H and O–H groups in total. The Morgan fingerprint density at radius 3 is 1.94 bits per heavy atom. The maximum atomic E-state index is 12.3. The minimum absolute atomic E-state index is 0.0376. The van der Waals surface area contributed by atoms with E-state index in [1.54, 1.807) is 18.5 Å². The first-order chi connectivity index (χ1) is 15.2. The summed E-state index contributed by atoms with van der Waals surface area (Å²) in [6, 6.07) is 12.8. The summed E-state index contributed by atoms with van der Waals surface area (Å²) in [5.74, 6) is -3.10. The number of carboxylic acids is 1. The number of primary sulfonamides is 1. The summed E-state index contributed by atoms with van der Waals surface area (Å²) in [5.41, 5.74) is 3.92. The number of halogens is 3. The Morgan fingerprint density at radius 2 is 1.55 bits per heavy atom. The molecule has 3 aromatic rings. The maximum absolute atomic E-state index is 12.3. The van der Waals surface area contributed by atoms with Gasteiger partial charge in [-0.05, 0) is 62.4 Å². The SMILES string of the molecule is Cc1ncn(-c2ccc(NC(=O)c3ccc(S(N)(=O)=O)cc3)cc2)c1C.O=C(O)C(F)(F)F. The number of aromatic nitrogens is 2. The van der Waals surface area contributed by atoms with Crippen LogP contribution < -0.4 is 10.5 Å². The highest BCUT2D eigenvalue weighted by atomic mass is 32.2. The fourth-order valence-corrected chi connectivity index (χ4v) is 2.98. The number of carbonyl (C=O) groups is 2. The average Bonchev–Trinajstić information content (AvgIpc) is 3.06. The molecule has 0 fully saturated rings. The number of carbonyl (C=O) groups excluding carboxylic acids is 1. The molecule has 176 valence electrons. The molecule has 0 unspecified atom stereocenters. The molecule has 1 aromatic heterocycles. The van der Waals surface area contributed by atoms with Crippen LogP contribution in [0.15, 0.2) is 59.8 Å². The van der Waals surface area contributed by atoms with Gasteiger partial charge in [-0.15, -0.1) is 0 Å². The third-order valence-corrected chi connectivity index (χ3v) is 5.27. The number of aryl methyl sites for hydroxylation is 1. The molecule has 2 aromatic carbocycles. The van der Waals surface area contributed by atoms with Gasteiger partial charge in [-0.3, -0.25) is 4.79 Å². The van der Waals surface area contributed by atoms with E-state index < -0.39 is 22.2 Å². The number of alkyl halides is 3. The van der Waals surface area contributed by atoms with Gasteiger partial charge in [-0.25, -0.2) is 23.3 Å². The summed E-state index contributed by atoms with van der Waals surface area (Å²) in [6.45, 7) is 3.94. The van der Waals surface area contributed by atoms with Gasteiger partial charge in [0.05, 0.1) is 16.9 Å². The molecule has 1 amide bonds. The molecule has 0 bridgehead atoms. The molecule has 0 atom stereocenters. The number of nitrogens with zero attached hydrogens (tertiary/aromatic N) is 2. The van der Waals surface area contributed by atoms with Crippen molar-refractivity contribution in [2.75, 3.05) is 5.32 Å². The zero-order valence-electron chi connectivity index (χ0n) is 17.3. The van der Waals surface area contributed by atoms with Crippen molar-refractivity contribution in [3.63, 3.8) is 0 Å². The molecule has 0 aliphatic heterocycles. The number of hydrogen-bond donors (Lipinski definition) is 3. The second-order valence-corrected chi connectivity index (χ2v) is 8.22. The van der Waals surface area contributed by atoms with E-state index in [1.807, 2.05) is 30.5 Å². The van der Waals surface area contributed by atoms with Crippen molar-refractivity contribution in [1.29, 1.82) is 0 Å². The van der Waals surface area contributed by atoms with E-state index in [2.05, 4.69) is 10.3 Å². The van der Waals surface area contributed by atoms with Crippen molar-refractivity contribution in [1.82, 2.24) is 9.55 Å². The highest BCUT2D eigenvalue weighted by Gasteiger charge is 2.38. The first kappa shape index (κ1) is 25.5. The number of nitrogens with one attached hydrogen (secondary N) is 1. The molecule has 13 heteroatoms. The molecular weight excluding hydrogens is 465 g/mol. The topological polar surface area (TPSA) is 144 Å². The van der Waals surface area contributed by atoms with Gasteiger partial charge in [0, 0.05) is 22.6 Å². The number of benzene rings is 2. The van der Waals surface area contributed by atoms with E-state index in [1.165, 1.54) is 24.3 Å². The summed E-state index contributed by atoms with van der Waals surface area (Å²) < 4.78 is 56.2. The van der Waals surface area contributed by atoms with Crippen LogP contribution in [0.25, 0.3) is 5.69 Å². The lowest BCUT2D eigenvalue weighted by Crippen LogP contribution is -2.21. The molecule has 0 aliphatic carbocycles. The lowest BCUT2D eigenvalue weighted by molar-refractivity contribution is -0.192. The van der Waals surface area contributed by atoms with Gasteiger partial charge in [0.15, 0.2) is 0 Å². The second-order valence-electron chi connectivity index (χ2n) is 6.66. The van der Waals surface area contributed by atoms with E-state index in [-0.39, 0.29) is 10.8 Å². The van der Waals surface area contributed by atoms with Gasteiger partial charge in [0.25, 0.3) is 5.91 Å². The average molecular weight is 484 g/mol. The van der Waals surface area contributed by atoms with Crippen LogP contribution in [0.4, 0.5) is 18.9 Å². The number of anilines is 1. The number of imidazole rings is 1. The van der Waals surface area contributed by atoms with Crippen molar-refractivity contribution >= 4 is 27.6 Å². The fourth-order valence-electron chi connectivity index (χ4n) is 2.46. The normalized spacial score (nSPS) is 11.3. The molecule has 33 heavy (non-hydrogen) atoms. The number of rotatable bonds is 4. The van der Waals surface area contributed by atoms with Crippen LogP contribution >= 0.6 is 0 Å². The largest absolute Gasteiger partial charge is 0.490 e. The predicted octanol–water partition coefficient (Wildman–Crippen LogP) is 3.02. The predicted molar refractivity (Wildman–Crippen MR) is 112 cm³/mol. The lowest BCUT2D eigenvalue weighted by Gasteiger charge is -2.09. The monoisotopic (exact) mass is 484 g/mol. The zero-order chi connectivity index (χ0) is 25.0. The van der Waals surface area contributed by atoms with Crippen LogP contribution in [-0.4, -0.2) is 41.1 Å². The number of aliphatic carboxylic acids is 1. The second kappa shape index (κ2) is 9.83. The Morgan fingerprint density at radius 1 is 1.03 bits per heavy atom. The van der Waals surface area contributed by atoms with Gasteiger partial charge >= 0.3 is 12.1 Å². The highest BCUT2D eigenvalue weighted by molar-refractivity contribution is 7.89. The number of carboxylic acid groups (broad SMARTS) is 1. The first-order valence-corrected chi connectivity index (χ1v) is 10.6. The third-order valence-electron chi connectivity index (χ3n) is 4.34. The molecule has 1 heterocycles. The van der Waals surface area contributed by atoms with Gasteiger partial charge in [-0.1, -0.05) is 0 Å². The quantitative estimate of drug-likeness (QED) is 0.519. The molecule has 0 saturated heterocycles. The van der Waals surface area contributed by atoms with E-state index in [0.29, 0.717) is 11.3 Å². The van der Waals surface area contributed by atoms with E-state index in [4.69, 9.17) is 15.0 Å². The number of amides is 1. The summed E-state index contributed by atoms with van der Waals surface area (Å²) in [7, 11) is -3.78. The minimum atomic E-state index is -5.08. The smallest absolute Gasteiger partial charge is 0.475 e. The van der Waals surface area contributed by atoms with E-state index >= 15 is 0 Å². The summed E-state index contributed by atoms with van der Waals surface area (Å²) in [5, 5.41) is 14.9. The zero-order valence-corrected chi connectivity index (χ0v) is 18.1. The number of sulfonamides is 1. The van der Waals surface area contributed by atoms with Crippen molar-refractivity contribution in [2.24, 2.45) is 5.14 Å². The van der Waals surface area contributed by atoms with Crippen LogP contribution in [-0.2, 0) is 14.8 Å². The van der Waals surface area contributed by atoms with E-state index in [0.717, 1.165) is 17.1 Å². The van der Waals surface area contributed by atoms with Crippen LogP contribution in [0, 0.1) is 13.8 Å². The van der Waals surface area contributed by atoms with Gasteiger partial charge in [0.2, 0.25) is 10.0 Å². The lowest BCUT2D eigenvalue weighted by atomic mass is 10.2. The first-order valence-electron chi connectivity index (χ1n) is 9.05. The standard InChI is InChI=1S/C18H18N4O3S.C2HF3O2/c1-12-13(2)22(11-20-12)16-7-5-15(6-8-16)21-18(23)14-3-9-17(10-4-14)26(19,24)25;3-2(4,5)1(6)7/h3-11H,1-2H3,(H,21,23)(H2,19,24,25);(H,6,7). The van der Waals surface area contributed by atoms with Crippen molar-refractivity contribution in [3.8, 4) is 5.69 Å². The highest BCUT2D eigenvalue weighted by Crippen LogP contribution is 2.18. The van der Waals surface area contributed by atoms with Gasteiger partial charge in [0.1, 0.15) is 0 Å². The maximum Gasteiger partial charge on any atom is 0.490 e. The molecule has 9 nitrogen and oxygen atoms in total. The Kier molecular flexibility index (Phi) is 7.61. The summed E-state index contributed by atoms with van der Waals surface area (Å²) in [4.78, 5) is 25.4. The summed E-state index contributed by atoms with van der Waals surface area (Å²) >= 11 is 0. The molecular formula is C20H19F3N4O5S. The van der Waals surface area contributed by atoms with Crippen LogP contribution in [0.2, 0.25) is 0 Å². The fraction of sp³-hybridized carbons (Fsp3) is 0.150. The third kappa shape index (κ3) is 6.89. The van der Waals surface area contributed by atoms with Crippen LogP contribution in [0.1, 0.15) is 21.7 Å². The van der Waals surface area contributed by atoms with Gasteiger partial charge < -0.3 is 15.0 Å². The van der Waals surface area contributed by atoms with Crippen LogP contribution in [0.3, 0.4) is 0 Å². The Balaban J connectivity index is 0.000000479. The molecule has 0 saturated carbocycles. The molecule has 0 aliphatic rings.